The molecule has 2 aliphatic rings. The topological polar surface area (TPSA) is 12.0 Å². The summed E-state index contributed by atoms with van der Waals surface area (Å²) in [5.74, 6) is 0. The lowest BCUT2D eigenvalue weighted by molar-refractivity contribution is 0.0875. The monoisotopic (exact) mass is 239 g/mol. The van der Waals surface area contributed by atoms with Crippen molar-refractivity contribution in [3.63, 3.8) is 0 Å². The van der Waals surface area contributed by atoms with Crippen LogP contribution in [0.1, 0.15) is 31.2 Å². The molecule has 3 heteroatoms. The molecule has 1 aromatic carbocycles. The predicted octanol–water partition coefficient (Wildman–Crippen LogP) is 3.42. The van der Waals surface area contributed by atoms with Crippen LogP contribution >= 0.6 is 11.6 Å². The molecule has 1 N–H and O–H groups in total. The third kappa shape index (κ3) is 1.64. The third-order valence-electron chi connectivity index (χ3n) is 3.83. The first kappa shape index (κ1) is 10.5. The van der Waals surface area contributed by atoms with Gasteiger partial charge in [0.2, 0.25) is 0 Å². The zero-order valence-electron chi connectivity index (χ0n) is 9.05. The van der Waals surface area contributed by atoms with Gasteiger partial charge in [0, 0.05) is 35.5 Å². The highest BCUT2D eigenvalue weighted by molar-refractivity contribution is 6.31. The van der Waals surface area contributed by atoms with Crippen molar-refractivity contribution < 1.29 is 4.39 Å². The summed E-state index contributed by atoms with van der Waals surface area (Å²) in [5.41, 5.74) is -0.551. The van der Waals surface area contributed by atoms with Crippen molar-refractivity contribution in [1.82, 2.24) is 5.32 Å². The summed E-state index contributed by atoms with van der Waals surface area (Å²) in [6, 6.07) is 7.99. The summed E-state index contributed by atoms with van der Waals surface area (Å²) in [6.45, 7) is 0. The van der Waals surface area contributed by atoms with Gasteiger partial charge in [0.15, 0.2) is 0 Å². The normalized spacial score (nSPS) is 37.6. The fraction of sp³-hybridized carbons (Fsp3) is 0.538. The molecule has 0 aliphatic carbocycles. The first-order valence-corrected chi connectivity index (χ1v) is 6.25. The first-order valence-electron chi connectivity index (χ1n) is 5.87. The third-order valence-corrected chi connectivity index (χ3v) is 4.16. The molecule has 2 bridgehead atoms. The highest BCUT2D eigenvalue weighted by Gasteiger charge is 2.45. The van der Waals surface area contributed by atoms with Crippen LogP contribution in [-0.2, 0) is 5.67 Å². The lowest BCUT2D eigenvalue weighted by atomic mass is 9.83. The number of rotatable bonds is 1. The number of alkyl halides is 1. The van der Waals surface area contributed by atoms with E-state index in [9.17, 15) is 4.39 Å². The Morgan fingerprint density at radius 1 is 1.19 bits per heavy atom. The Morgan fingerprint density at radius 3 is 2.44 bits per heavy atom. The number of benzene rings is 1. The zero-order chi connectivity index (χ0) is 11.2. The van der Waals surface area contributed by atoms with E-state index in [0.717, 1.165) is 12.8 Å². The standard InChI is InChI=1S/C13H15ClFN/c14-12-4-2-1-3-11(12)13(15)7-9-5-6-10(8-13)16-9/h1-4,9-10,16H,5-8H2/t9-,10+,13?. The van der Waals surface area contributed by atoms with E-state index in [0.29, 0.717) is 35.5 Å². The van der Waals surface area contributed by atoms with Crippen molar-refractivity contribution in [3.8, 4) is 0 Å². The van der Waals surface area contributed by atoms with Gasteiger partial charge >= 0.3 is 0 Å². The minimum atomic E-state index is -1.23. The minimum absolute atomic E-state index is 0.333. The largest absolute Gasteiger partial charge is 0.311 e. The molecular weight excluding hydrogens is 225 g/mol. The highest BCUT2D eigenvalue weighted by Crippen LogP contribution is 2.45. The van der Waals surface area contributed by atoms with Gasteiger partial charge < -0.3 is 5.32 Å². The predicted molar refractivity (Wildman–Crippen MR) is 63.4 cm³/mol. The number of halogens is 2. The van der Waals surface area contributed by atoms with Gasteiger partial charge in [-0.1, -0.05) is 29.8 Å². The van der Waals surface area contributed by atoms with Gasteiger partial charge in [0.1, 0.15) is 5.67 Å². The average Bonchev–Trinajstić information content (AvgIpc) is 2.59. The van der Waals surface area contributed by atoms with Crippen LogP contribution in [0.25, 0.3) is 0 Å². The molecule has 2 saturated heterocycles. The maximum Gasteiger partial charge on any atom is 0.140 e. The molecule has 3 rings (SSSR count). The molecule has 16 heavy (non-hydrogen) atoms. The second kappa shape index (κ2) is 3.71. The Hall–Kier alpha value is -0.600. The van der Waals surface area contributed by atoms with Crippen LogP contribution in [0.5, 0.6) is 0 Å². The molecular formula is C13H15ClFN. The quantitative estimate of drug-likeness (QED) is 0.792. The van der Waals surface area contributed by atoms with Gasteiger partial charge in [-0.15, -0.1) is 0 Å². The molecule has 0 spiro atoms. The van der Waals surface area contributed by atoms with E-state index < -0.39 is 5.67 Å². The Kier molecular flexibility index (Phi) is 2.45. The molecule has 0 aromatic heterocycles. The minimum Gasteiger partial charge on any atom is -0.311 e. The summed E-state index contributed by atoms with van der Waals surface area (Å²) in [5, 5.41) is 4.01. The van der Waals surface area contributed by atoms with Gasteiger partial charge in [-0.05, 0) is 18.9 Å². The lowest BCUT2D eigenvalue weighted by Crippen LogP contribution is -2.44. The van der Waals surface area contributed by atoms with Crippen molar-refractivity contribution in [3.05, 3.63) is 34.9 Å². The number of hydrogen-bond acceptors (Lipinski definition) is 1. The highest BCUT2D eigenvalue weighted by atomic mass is 35.5. The molecule has 1 unspecified atom stereocenters. The molecule has 1 aromatic rings. The van der Waals surface area contributed by atoms with Crippen LogP contribution in [0.2, 0.25) is 5.02 Å². The van der Waals surface area contributed by atoms with E-state index in [-0.39, 0.29) is 0 Å². The van der Waals surface area contributed by atoms with E-state index in [2.05, 4.69) is 5.32 Å². The van der Waals surface area contributed by atoms with Crippen LogP contribution in [0.3, 0.4) is 0 Å². The fourth-order valence-electron chi connectivity index (χ4n) is 3.13. The van der Waals surface area contributed by atoms with Gasteiger partial charge in [0.25, 0.3) is 0 Å². The first-order chi connectivity index (χ1) is 7.67. The van der Waals surface area contributed by atoms with Crippen LogP contribution in [0, 0.1) is 0 Å². The number of fused-ring (bicyclic) bond motifs is 2. The Morgan fingerprint density at radius 2 is 1.81 bits per heavy atom. The summed E-state index contributed by atoms with van der Waals surface area (Å²) in [7, 11) is 0. The van der Waals surface area contributed by atoms with Crippen LogP contribution in [0.15, 0.2) is 24.3 Å². The second-order valence-corrected chi connectivity index (χ2v) is 5.40. The van der Waals surface area contributed by atoms with Gasteiger partial charge in [0.05, 0.1) is 0 Å². The Balaban J connectivity index is 1.96. The Bertz CT molecular complexity index is 395. The average molecular weight is 240 g/mol. The fourth-order valence-corrected chi connectivity index (χ4v) is 3.44. The molecule has 0 saturated carbocycles. The summed E-state index contributed by atoms with van der Waals surface area (Å²) in [4.78, 5) is 0. The van der Waals surface area contributed by atoms with Gasteiger partial charge in [-0.3, -0.25) is 0 Å². The van der Waals surface area contributed by atoms with E-state index in [1.165, 1.54) is 0 Å². The van der Waals surface area contributed by atoms with E-state index in [4.69, 9.17) is 11.6 Å². The smallest absolute Gasteiger partial charge is 0.140 e. The molecule has 2 fully saturated rings. The van der Waals surface area contributed by atoms with E-state index in [1.54, 1.807) is 6.07 Å². The maximum atomic E-state index is 15.0. The lowest BCUT2D eigenvalue weighted by Gasteiger charge is -2.35. The number of piperidine rings is 1. The molecule has 1 nitrogen and oxygen atoms in total. The number of hydrogen-bond donors (Lipinski definition) is 1. The molecule has 86 valence electrons. The second-order valence-electron chi connectivity index (χ2n) is 4.99. The maximum absolute atomic E-state index is 15.0. The summed E-state index contributed by atoms with van der Waals surface area (Å²) in [6.07, 6.45) is 3.32. The van der Waals surface area contributed by atoms with Crippen LogP contribution in [0.4, 0.5) is 4.39 Å². The summed E-state index contributed by atoms with van der Waals surface area (Å²) >= 11 is 6.10. The Labute approximate surface area is 100.0 Å². The summed E-state index contributed by atoms with van der Waals surface area (Å²) < 4.78 is 15.0. The van der Waals surface area contributed by atoms with Gasteiger partial charge in [-0.2, -0.15) is 0 Å². The van der Waals surface area contributed by atoms with E-state index in [1.807, 2.05) is 18.2 Å². The number of nitrogens with one attached hydrogen (secondary N) is 1. The van der Waals surface area contributed by atoms with E-state index >= 15 is 0 Å². The van der Waals surface area contributed by atoms with Crippen LogP contribution < -0.4 is 5.32 Å². The molecule has 0 radical (unpaired) electrons. The molecule has 2 aliphatic heterocycles. The zero-order valence-corrected chi connectivity index (χ0v) is 9.80. The SMILES string of the molecule is FC1(c2ccccc2Cl)C[C@H]2CC[C@@H](C1)N2. The van der Waals surface area contributed by atoms with Crippen molar-refractivity contribution in [2.75, 3.05) is 0 Å². The van der Waals surface area contributed by atoms with Crippen LogP contribution in [-0.4, -0.2) is 12.1 Å². The van der Waals surface area contributed by atoms with Gasteiger partial charge in [-0.25, -0.2) is 4.39 Å². The van der Waals surface area contributed by atoms with Crippen molar-refractivity contribution in [2.45, 2.75) is 43.4 Å². The molecule has 0 amide bonds. The molecule has 2 heterocycles. The van der Waals surface area contributed by atoms with Crippen molar-refractivity contribution in [1.29, 1.82) is 0 Å². The van der Waals surface area contributed by atoms with Crippen molar-refractivity contribution in [2.24, 2.45) is 0 Å². The van der Waals surface area contributed by atoms with Crippen molar-refractivity contribution >= 4 is 11.6 Å². The molecule has 3 atom stereocenters.